The van der Waals surface area contributed by atoms with E-state index in [1.807, 2.05) is 0 Å². The van der Waals surface area contributed by atoms with Crippen molar-refractivity contribution in [3.05, 3.63) is 0 Å². The lowest BCUT2D eigenvalue weighted by Crippen LogP contribution is -2.40. The smallest absolute Gasteiger partial charge is 0.332 e. The number of hydrogen-bond donors (Lipinski definition) is 1. The van der Waals surface area contributed by atoms with Gasteiger partial charge in [-0.05, 0) is 6.92 Å². The summed E-state index contributed by atoms with van der Waals surface area (Å²) < 4.78 is 9.82. The van der Waals surface area contributed by atoms with Gasteiger partial charge in [0.15, 0.2) is 6.10 Å². The van der Waals surface area contributed by atoms with Crippen LogP contribution >= 0.6 is 0 Å². The van der Waals surface area contributed by atoms with Crippen molar-refractivity contribution < 1.29 is 19.4 Å². The third-order valence-electron chi connectivity index (χ3n) is 1.35. The highest BCUT2D eigenvalue weighted by molar-refractivity contribution is 5.71. The number of rotatable bonds is 3. The molecule has 1 unspecified atom stereocenters. The minimum atomic E-state index is -0.924. The molecule has 1 N–H and O–H groups in total. The highest BCUT2D eigenvalue weighted by Gasteiger charge is 2.24. The minimum absolute atomic E-state index is 0.00824. The monoisotopic (exact) mass is 146 g/mol. The Kier molecular flexibility index (Phi) is 2.24. The van der Waals surface area contributed by atoms with E-state index in [-0.39, 0.29) is 6.10 Å². The third kappa shape index (κ3) is 1.68. The Hall–Kier alpha value is -0.610. The molecule has 1 saturated heterocycles. The summed E-state index contributed by atoms with van der Waals surface area (Å²) in [5.41, 5.74) is 0. The molecule has 0 spiro atoms. The van der Waals surface area contributed by atoms with Gasteiger partial charge in [0.25, 0.3) is 0 Å². The first-order valence-corrected chi connectivity index (χ1v) is 3.16. The van der Waals surface area contributed by atoms with Crippen molar-refractivity contribution in [2.45, 2.75) is 19.1 Å². The van der Waals surface area contributed by atoms with Crippen molar-refractivity contribution in [1.82, 2.24) is 0 Å². The molecule has 0 saturated carbocycles. The molecule has 1 rings (SSSR count). The van der Waals surface area contributed by atoms with Gasteiger partial charge in [0, 0.05) is 0 Å². The quantitative estimate of drug-likeness (QED) is 0.602. The van der Waals surface area contributed by atoms with Crippen LogP contribution in [-0.2, 0) is 14.3 Å². The van der Waals surface area contributed by atoms with Crippen LogP contribution in [0.3, 0.4) is 0 Å². The fourth-order valence-corrected chi connectivity index (χ4v) is 0.640. The highest BCUT2D eigenvalue weighted by Crippen LogP contribution is 2.07. The maximum absolute atomic E-state index is 10.2. The van der Waals surface area contributed by atoms with Crippen molar-refractivity contribution >= 4 is 5.97 Å². The zero-order chi connectivity index (χ0) is 7.56. The maximum Gasteiger partial charge on any atom is 0.332 e. The number of ether oxygens (including phenoxy) is 2. The van der Waals surface area contributed by atoms with Crippen LogP contribution in [0.15, 0.2) is 0 Å². The largest absolute Gasteiger partial charge is 0.479 e. The molecule has 0 aromatic rings. The van der Waals surface area contributed by atoms with Gasteiger partial charge in [0.05, 0.1) is 13.2 Å². The number of carboxylic acids is 1. The first kappa shape index (κ1) is 7.50. The molecule has 1 aliphatic rings. The van der Waals surface area contributed by atoms with Crippen LogP contribution in [-0.4, -0.2) is 36.5 Å². The Morgan fingerprint density at radius 1 is 1.80 bits per heavy atom. The van der Waals surface area contributed by atoms with Gasteiger partial charge in [0.2, 0.25) is 0 Å². The van der Waals surface area contributed by atoms with Crippen LogP contribution in [0.5, 0.6) is 0 Å². The van der Waals surface area contributed by atoms with E-state index in [1.165, 1.54) is 6.92 Å². The second kappa shape index (κ2) is 2.98. The Morgan fingerprint density at radius 3 is 2.70 bits per heavy atom. The van der Waals surface area contributed by atoms with Gasteiger partial charge in [-0.1, -0.05) is 0 Å². The molecule has 4 heteroatoms. The summed E-state index contributed by atoms with van der Waals surface area (Å²) in [5.74, 6) is -0.924. The van der Waals surface area contributed by atoms with E-state index in [0.29, 0.717) is 13.2 Å². The maximum atomic E-state index is 10.2. The lowest BCUT2D eigenvalue weighted by molar-refractivity contribution is -0.176. The Bertz CT molecular complexity index is 130. The van der Waals surface area contributed by atoms with E-state index in [1.54, 1.807) is 0 Å². The minimum Gasteiger partial charge on any atom is -0.479 e. The second-order valence-corrected chi connectivity index (χ2v) is 2.28. The van der Waals surface area contributed by atoms with Crippen molar-refractivity contribution in [3.8, 4) is 0 Å². The summed E-state index contributed by atoms with van der Waals surface area (Å²) in [6.07, 6.45) is -0.722. The summed E-state index contributed by atoms with van der Waals surface area (Å²) in [4.78, 5) is 10.2. The number of hydrogen-bond acceptors (Lipinski definition) is 3. The fourth-order valence-electron chi connectivity index (χ4n) is 0.640. The zero-order valence-electron chi connectivity index (χ0n) is 5.74. The van der Waals surface area contributed by atoms with Crippen LogP contribution in [0.1, 0.15) is 6.92 Å². The normalized spacial score (nSPS) is 21.7. The van der Waals surface area contributed by atoms with Crippen molar-refractivity contribution in [3.63, 3.8) is 0 Å². The summed E-state index contributed by atoms with van der Waals surface area (Å²) in [6.45, 7) is 2.57. The fraction of sp³-hybridized carbons (Fsp3) is 0.833. The topological polar surface area (TPSA) is 55.8 Å². The van der Waals surface area contributed by atoms with E-state index in [2.05, 4.69) is 0 Å². The molecular formula is C6H10O4. The predicted octanol–water partition coefficient (Wildman–Crippen LogP) is -0.125. The van der Waals surface area contributed by atoms with Crippen molar-refractivity contribution in [2.75, 3.05) is 13.2 Å². The zero-order valence-corrected chi connectivity index (χ0v) is 5.74. The molecule has 0 aromatic carbocycles. The lowest BCUT2D eigenvalue weighted by atomic mass is 10.3. The summed E-state index contributed by atoms with van der Waals surface area (Å²) in [7, 11) is 0. The molecule has 1 atom stereocenters. The molecule has 0 bridgehead atoms. The molecule has 0 amide bonds. The Morgan fingerprint density at radius 2 is 2.40 bits per heavy atom. The number of carboxylic acid groups (broad SMARTS) is 1. The molecule has 1 heterocycles. The number of aliphatic carboxylic acids is 1. The predicted molar refractivity (Wildman–Crippen MR) is 32.8 cm³/mol. The Labute approximate surface area is 58.7 Å². The molecule has 1 aliphatic heterocycles. The van der Waals surface area contributed by atoms with Gasteiger partial charge in [-0.15, -0.1) is 0 Å². The van der Waals surface area contributed by atoms with Gasteiger partial charge in [0.1, 0.15) is 6.10 Å². The summed E-state index contributed by atoms with van der Waals surface area (Å²) in [6, 6.07) is 0. The summed E-state index contributed by atoms with van der Waals surface area (Å²) in [5, 5.41) is 8.38. The van der Waals surface area contributed by atoms with Gasteiger partial charge in [-0.25, -0.2) is 4.79 Å². The summed E-state index contributed by atoms with van der Waals surface area (Å²) >= 11 is 0. The molecule has 4 nitrogen and oxygen atoms in total. The Balaban J connectivity index is 2.16. The van der Waals surface area contributed by atoms with Crippen LogP contribution in [0, 0.1) is 0 Å². The highest BCUT2D eigenvalue weighted by atomic mass is 16.6. The second-order valence-electron chi connectivity index (χ2n) is 2.28. The molecule has 1 fully saturated rings. The SMILES string of the molecule is CC(OC1COC1)C(=O)O. The molecule has 58 valence electrons. The van der Waals surface area contributed by atoms with Crippen molar-refractivity contribution in [1.29, 1.82) is 0 Å². The van der Waals surface area contributed by atoms with Crippen LogP contribution in [0.4, 0.5) is 0 Å². The number of carbonyl (C=O) groups is 1. The molecule has 0 radical (unpaired) electrons. The van der Waals surface area contributed by atoms with Crippen LogP contribution in [0.25, 0.3) is 0 Å². The van der Waals surface area contributed by atoms with Crippen molar-refractivity contribution in [2.24, 2.45) is 0 Å². The van der Waals surface area contributed by atoms with E-state index in [9.17, 15) is 4.79 Å². The first-order valence-electron chi connectivity index (χ1n) is 3.16. The van der Waals surface area contributed by atoms with Gasteiger partial charge in [-0.3, -0.25) is 0 Å². The average Bonchev–Trinajstić information content (AvgIpc) is 1.77. The first-order chi connectivity index (χ1) is 4.70. The molecular weight excluding hydrogens is 136 g/mol. The molecule has 0 aliphatic carbocycles. The van der Waals surface area contributed by atoms with Gasteiger partial charge in [-0.2, -0.15) is 0 Å². The third-order valence-corrected chi connectivity index (χ3v) is 1.35. The molecule has 0 aromatic heterocycles. The van der Waals surface area contributed by atoms with E-state index in [4.69, 9.17) is 14.6 Å². The van der Waals surface area contributed by atoms with Gasteiger partial charge < -0.3 is 14.6 Å². The van der Waals surface area contributed by atoms with Gasteiger partial charge >= 0.3 is 5.97 Å². The molecule has 10 heavy (non-hydrogen) atoms. The van der Waals surface area contributed by atoms with Crippen LogP contribution in [0.2, 0.25) is 0 Å². The standard InChI is InChI=1S/C6H10O4/c1-4(6(7)8)10-5-2-9-3-5/h4-5H,2-3H2,1H3,(H,7,8). The average molecular weight is 146 g/mol. The van der Waals surface area contributed by atoms with E-state index >= 15 is 0 Å². The van der Waals surface area contributed by atoms with E-state index < -0.39 is 12.1 Å². The van der Waals surface area contributed by atoms with Crippen LogP contribution < -0.4 is 0 Å². The van der Waals surface area contributed by atoms with E-state index in [0.717, 1.165) is 0 Å². The lowest BCUT2D eigenvalue weighted by Gasteiger charge is -2.27.